The van der Waals surface area contributed by atoms with Crippen molar-refractivity contribution in [3.63, 3.8) is 0 Å². The molecule has 0 spiro atoms. The van der Waals surface area contributed by atoms with Crippen LogP contribution < -0.4 is 10.2 Å². The fourth-order valence-corrected chi connectivity index (χ4v) is 6.92. The Labute approximate surface area is 273 Å². The highest BCUT2D eigenvalue weighted by Gasteiger charge is 2.52. The van der Waals surface area contributed by atoms with E-state index < -0.39 is 18.3 Å². The third-order valence-electron chi connectivity index (χ3n) is 10.3. The van der Waals surface area contributed by atoms with Crippen LogP contribution in [0.2, 0.25) is 0 Å². The van der Waals surface area contributed by atoms with Gasteiger partial charge in [0.2, 0.25) is 0 Å². The summed E-state index contributed by atoms with van der Waals surface area (Å²) in [5.74, 6) is 0.918. The van der Waals surface area contributed by atoms with E-state index in [1.165, 1.54) is 12.5 Å². The van der Waals surface area contributed by atoms with Crippen molar-refractivity contribution in [1.29, 1.82) is 0 Å². The van der Waals surface area contributed by atoms with E-state index in [9.17, 15) is 4.79 Å². The number of ether oxygens (including phenoxy) is 4. The van der Waals surface area contributed by atoms with Gasteiger partial charge in [-0.05, 0) is 88.5 Å². The molecule has 3 aliphatic heterocycles. The Kier molecular flexibility index (Phi) is 8.80. The minimum absolute atomic E-state index is 0.217. The first-order valence-corrected chi connectivity index (χ1v) is 16.6. The van der Waals surface area contributed by atoms with E-state index in [2.05, 4.69) is 64.3 Å². The molecule has 0 saturated carbocycles. The lowest BCUT2D eigenvalue weighted by atomic mass is 9.77. The third-order valence-corrected chi connectivity index (χ3v) is 10.3. The third kappa shape index (κ3) is 6.09. The van der Waals surface area contributed by atoms with Gasteiger partial charge in [-0.25, -0.2) is 0 Å². The molecular formula is C36H49BN2O7. The summed E-state index contributed by atoms with van der Waals surface area (Å²) in [5, 5.41) is 1.08. The quantitative estimate of drug-likeness (QED) is 0.206. The van der Waals surface area contributed by atoms with Crippen LogP contribution in [0.1, 0.15) is 97.1 Å². The molecular weight excluding hydrogens is 583 g/mol. The first-order chi connectivity index (χ1) is 21.7. The Morgan fingerprint density at radius 3 is 2.46 bits per heavy atom. The number of esters is 1. The van der Waals surface area contributed by atoms with Gasteiger partial charge < -0.3 is 32.8 Å². The van der Waals surface area contributed by atoms with E-state index >= 15 is 0 Å². The van der Waals surface area contributed by atoms with Gasteiger partial charge in [-0.2, -0.15) is 0 Å². The van der Waals surface area contributed by atoms with Gasteiger partial charge in [0.1, 0.15) is 12.4 Å². The molecule has 0 bridgehead atoms. The van der Waals surface area contributed by atoms with E-state index in [1.807, 2.05) is 13.1 Å². The zero-order chi connectivity index (χ0) is 33.0. The van der Waals surface area contributed by atoms with E-state index in [0.29, 0.717) is 32.1 Å². The van der Waals surface area contributed by atoms with Crippen molar-refractivity contribution in [3.8, 4) is 17.0 Å². The van der Waals surface area contributed by atoms with Crippen LogP contribution in [-0.2, 0) is 41.3 Å². The fraction of sp³-hybridized carbons (Fsp3) is 0.611. The molecule has 5 heterocycles. The second-order valence-electron chi connectivity index (χ2n) is 14.9. The first-order valence-electron chi connectivity index (χ1n) is 16.6. The average molecular weight is 633 g/mol. The SMILES string of the molecule is CO[C@@H](C)c1ncc(C2CCOCC2)cc1-c1c(CC(C)(C)COC(C)=O)c2cc(B3OC(C)(C)C(C)(C)O3)cc3c2n1CCO3. The van der Waals surface area contributed by atoms with Crippen LogP contribution in [0.4, 0.5) is 0 Å². The summed E-state index contributed by atoms with van der Waals surface area (Å²) in [6.07, 6.45) is 4.42. The summed E-state index contributed by atoms with van der Waals surface area (Å²) in [7, 11) is 1.19. The van der Waals surface area contributed by atoms with Gasteiger partial charge >= 0.3 is 13.1 Å². The predicted octanol–water partition coefficient (Wildman–Crippen LogP) is 6.13. The average Bonchev–Trinajstić information content (AvgIpc) is 3.44. The van der Waals surface area contributed by atoms with E-state index in [-0.39, 0.29) is 17.5 Å². The van der Waals surface area contributed by atoms with E-state index in [1.54, 1.807) is 7.11 Å². The fourth-order valence-electron chi connectivity index (χ4n) is 6.92. The molecule has 2 aromatic heterocycles. The molecule has 6 rings (SSSR count). The Bertz CT molecular complexity index is 1610. The Hall–Kier alpha value is -2.92. The topological polar surface area (TPSA) is 90.3 Å². The lowest BCUT2D eigenvalue weighted by Crippen LogP contribution is -2.41. The van der Waals surface area contributed by atoms with Crippen LogP contribution in [0.5, 0.6) is 5.75 Å². The molecule has 9 nitrogen and oxygen atoms in total. The van der Waals surface area contributed by atoms with Gasteiger partial charge in [0, 0.05) is 49.8 Å². The maximum absolute atomic E-state index is 11.9. The van der Waals surface area contributed by atoms with Gasteiger partial charge in [0.15, 0.2) is 0 Å². The number of carbonyl (C=O) groups is 1. The van der Waals surface area contributed by atoms with E-state index in [0.717, 1.165) is 70.7 Å². The molecule has 1 aromatic carbocycles. The molecule has 46 heavy (non-hydrogen) atoms. The summed E-state index contributed by atoms with van der Waals surface area (Å²) < 4.78 is 39.0. The molecule has 3 aliphatic rings. The molecule has 0 aliphatic carbocycles. The summed E-state index contributed by atoms with van der Waals surface area (Å²) in [5.41, 5.74) is 6.13. The lowest BCUT2D eigenvalue weighted by Gasteiger charge is -2.32. The highest BCUT2D eigenvalue weighted by molar-refractivity contribution is 6.62. The normalized spacial score (nSPS) is 20.2. The van der Waals surface area contributed by atoms with Crippen LogP contribution in [0.25, 0.3) is 22.2 Å². The Morgan fingerprint density at radius 1 is 1.11 bits per heavy atom. The second-order valence-corrected chi connectivity index (χ2v) is 14.9. The highest BCUT2D eigenvalue weighted by Crippen LogP contribution is 2.45. The Morgan fingerprint density at radius 2 is 1.80 bits per heavy atom. The lowest BCUT2D eigenvalue weighted by molar-refractivity contribution is -0.143. The minimum atomic E-state index is -0.535. The largest absolute Gasteiger partial charge is 0.494 e. The maximum Gasteiger partial charge on any atom is 0.494 e. The molecule has 0 radical (unpaired) electrons. The van der Waals surface area contributed by atoms with Gasteiger partial charge in [-0.1, -0.05) is 19.9 Å². The zero-order valence-corrected chi connectivity index (χ0v) is 29.0. The summed E-state index contributed by atoms with van der Waals surface area (Å²) in [4.78, 5) is 17.0. The van der Waals surface area contributed by atoms with Crippen molar-refractivity contribution in [2.45, 2.75) is 104 Å². The standard InChI is InChI=1S/C36H49BN2O7/c1-22(41-9)31-28(16-25(20-38-31)24-10-13-42-14-11-24)32-29(19-34(3,4)21-44-23(2)40)27-17-26(18-30-33(27)39(32)12-15-43-30)37-45-35(5,6)36(7,8)46-37/h16-18,20,22,24H,10-15,19,21H2,1-9H3/t22-/m0/s1. The molecule has 0 unspecified atom stereocenters. The minimum Gasteiger partial charge on any atom is -0.490 e. The number of methoxy groups -OCH3 is 1. The van der Waals surface area contributed by atoms with Gasteiger partial charge in [0.05, 0.1) is 47.4 Å². The highest BCUT2D eigenvalue weighted by atomic mass is 16.7. The van der Waals surface area contributed by atoms with Crippen LogP contribution in [0.15, 0.2) is 24.4 Å². The van der Waals surface area contributed by atoms with Crippen molar-refractivity contribution in [2.75, 3.05) is 33.5 Å². The van der Waals surface area contributed by atoms with Gasteiger partial charge in [-0.3, -0.25) is 9.78 Å². The molecule has 3 aromatic rings. The number of hydrogen-bond acceptors (Lipinski definition) is 8. The van der Waals surface area contributed by atoms with Crippen molar-refractivity contribution < 1.29 is 33.1 Å². The summed E-state index contributed by atoms with van der Waals surface area (Å²) in [6, 6.07) is 6.62. The maximum atomic E-state index is 11.9. The van der Waals surface area contributed by atoms with Gasteiger partial charge in [-0.15, -0.1) is 0 Å². The molecule has 0 amide bonds. The Balaban J connectivity index is 1.59. The van der Waals surface area contributed by atoms with E-state index in [4.69, 9.17) is 33.2 Å². The molecule has 248 valence electrons. The molecule has 1 atom stereocenters. The van der Waals surface area contributed by atoms with Crippen LogP contribution in [0.3, 0.4) is 0 Å². The molecule has 2 saturated heterocycles. The number of aromatic nitrogens is 2. The number of pyridine rings is 1. The monoisotopic (exact) mass is 632 g/mol. The summed E-state index contributed by atoms with van der Waals surface area (Å²) in [6.45, 7) is 19.1. The smallest absolute Gasteiger partial charge is 0.490 e. The predicted molar refractivity (Wildman–Crippen MR) is 179 cm³/mol. The van der Waals surface area contributed by atoms with Crippen molar-refractivity contribution >= 4 is 29.5 Å². The van der Waals surface area contributed by atoms with Crippen molar-refractivity contribution in [1.82, 2.24) is 9.55 Å². The number of nitrogens with zero attached hydrogens (tertiary/aromatic N) is 2. The van der Waals surface area contributed by atoms with Gasteiger partial charge in [0.25, 0.3) is 0 Å². The summed E-state index contributed by atoms with van der Waals surface area (Å²) >= 11 is 0. The molecule has 0 N–H and O–H groups in total. The van der Waals surface area contributed by atoms with Crippen molar-refractivity contribution in [2.24, 2.45) is 5.41 Å². The zero-order valence-electron chi connectivity index (χ0n) is 29.0. The number of benzene rings is 1. The molecule has 2 fully saturated rings. The second kappa shape index (κ2) is 12.3. The van der Waals surface area contributed by atoms with Crippen LogP contribution >= 0.6 is 0 Å². The van der Waals surface area contributed by atoms with Crippen LogP contribution in [-0.4, -0.2) is 67.4 Å². The van der Waals surface area contributed by atoms with Crippen LogP contribution in [0, 0.1) is 5.41 Å². The number of rotatable bonds is 9. The number of carbonyl (C=O) groups excluding carboxylic acids is 1. The first kappa shape index (κ1) is 33.0. The molecule has 10 heteroatoms. The number of hydrogen-bond donors (Lipinski definition) is 0. The van der Waals surface area contributed by atoms with Crippen molar-refractivity contribution in [3.05, 3.63) is 41.2 Å².